The van der Waals surface area contributed by atoms with Gasteiger partial charge in [0.15, 0.2) is 0 Å². The second-order valence-corrected chi connectivity index (χ2v) is 4.24. The van der Waals surface area contributed by atoms with Crippen molar-refractivity contribution in [3.63, 3.8) is 0 Å². The van der Waals surface area contributed by atoms with E-state index >= 15 is 0 Å². The molecule has 0 aliphatic carbocycles. The van der Waals surface area contributed by atoms with Gasteiger partial charge in [0.05, 0.1) is 11.4 Å². The van der Waals surface area contributed by atoms with Crippen molar-refractivity contribution >= 4 is 28.9 Å². The Balaban J connectivity index is 1.97. The van der Waals surface area contributed by atoms with E-state index in [-0.39, 0.29) is 0 Å². The van der Waals surface area contributed by atoms with Crippen LogP contribution < -0.4 is 5.32 Å². The van der Waals surface area contributed by atoms with E-state index in [1.165, 1.54) is 0 Å². The highest BCUT2D eigenvalue weighted by molar-refractivity contribution is 6.02. The van der Waals surface area contributed by atoms with E-state index < -0.39 is 11.9 Å². The Kier molecular flexibility index (Phi) is 5.15. The number of nitrogens with zero attached hydrogens (tertiary/aromatic N) is 2. The minimum atomic E-state index is -1.17. The zero-order chi connectivity index (χ0) is 15.8. The third-order valence-electron chi connectivity index (χ3n) is 2.55. The summed E-state index contributed by atoms with van der Waals surface area (Å²) in [6.45, 7) is 0. The summed E-state index contributed by atoms with van der Waals surface area (Å²) in [6, 6.07) is 16.0. The van der Waals surface area contributed by atoms with Crippen LogP contribution in [0.2, 0.25) is 0 Å². The van der Waals surface area contributed by atoms with Crippen LogP contribution in [0.3, 0.4) is 0 Å². The van der Waals surface area contributed by atoms with Gasteiger partial charge in [-0.15, -0.1) is 0 Å². The lowest BCUT2D eigenvalue weighted by molar-refractivity contribution is -0.131. The van der Waals surface area contributed by atoms with Crippen LogP contribution in [0.5, 0.6) is 0 Å². The van der Waals surface area contributed by atoms with Gasteiger partial charge in [0.2, 0.25) is 5.91 Å². The molecule has 0 aliphatic heterocycles. The maximum atomic E-state index is 11.4. The van der Waals surface area contributed by atoms with Gasteiger partial charge in [0, 0.05) is 17.8 Å². The van der Waals surface area contributed by atoms with Crippen molar-refractivity contribution in [3.05, 3.63) is 66.7 Å². The summed E-state index contributed by atoms with van der Waals surface area (Å²) in [7, 11) is 0. The average molecular weight is 295 g/mol. The molecule has 2 aromatic carbocycles. The van der Waals surface area contributed by atoms with Gasteiger partial charge in [0.25, 0.3) is 0 Å². The number of aliphatic carboxylic acids is 1. The van der Waals surface area contributed by atoms with E-state index in [9.17, 15) is 9.59 Å². The van der Waals surface area contributed by atoms with E-state index in [0.717, 1.165) is 17.8 Å². The molecule has 0 saturated carbocycles. The van der Waals surface area contributed by atoms with Crippen LogP contribution in [-0.4, -0.2) is 17.0 Å². The molecule has 0 fully saturated rings. The first-order valence-electron chi connectivity index (χ1n) is 6.42. The number of carboxylic acid groups (broad SMARTS) is 1. The van der Waals surface area contributed by atoms with Crippen molar-refractivity contribution in [2.24, 2.45) is 10.2 Å². The number of carbonyl (C=O) groups excluding carboxylic acids is 1. The number of carboxylic acids is 1. The van der Waals surface area contributed by atoms with Gasteiger partial charge in [-0.05, 0) is 36.4 Å². The maximum Gasteiger partial charge on any atom is 0.328 e. The lowest BCUT2D eigenvalue weighted by Gasteiger charge is -2.01. The van der Waals surface area contributed by atoms with E-state index in [2.05, 4.69) is 15.5 Å². The highest BCUT2D eigenvalue weighted by atomic mass is 16.4. The van der Waals surface area contributed by atoms with Crippen molar-refractivity contribution in [2.45, 2.75) is 0 Å². The predicted octanol–water partition coefficient (Wildman–Crippen LogP) is 3.68. The number of amides is 1. The molecule has 0 saturated heterocycles. The number of hydrogen-bond acceptors (Lipinski definition) is 4. The second-order valence-electron chi connectivity index (χ2n) is 4.24. The van der Waals surface area contributed by atoms with Crippen LogP contribution in [0.15, 0.2) is 77.0 Å². The SMILES string of the molecule is O=C(O)/C=C\C(=O)Nc1ccc(N=Nc2ccccc2)cc1. The first kappa shape index (κ1) is 15.1. The van der Waals surface area contributed by atoms with E-state index in [1.807, 2.05) is 30.3 Å². The largest absolute Gasteiger partial charge is 0.478 e. The Hall–Kier alpha value is -3.28. The second kappa shape index (κ2) is 7.49. The van der Waals surface area contributed by atoms with Crippen molar-refractivity contribution in [3.8, 4) is 0 Å². The quantitative estimate of drug-likeness (QED) is 0.651. The lowest BCUT2D eigenvalue weighted by Crippen LogP contribution is -2.08. The summed E-state index contributed by atoms with van der Waals surface area (Å²) < 4.78 is 0. The number of benzene rings is 2. The molecule has 1 amide bonds. The molecule has 2 aromatic rings. The molecular weight excluding hydrogens is 282 g/mol. The molecule has 0 radical (unpaired) electrons. The summed E-state index contributed by atoms with van der Waals surface area (Å²) in [5.41, 5.74) is 1.93. The van der Waals surface area contributed by atoms with E-state index in [0.29, 0.717) is 11.4 Å². The molecule has 110 valence electrons. The van der Waals surface area contributed by atoms with Crippen LogP contribution in [0, 0.1) is 0 Å². The maximum absolute atomic E-state index is 11.4. The highest BCUT2D eigenvalue weighted by Gasteiger charge is 1.99. The summed E-state index contributed by atoms with van der Waals surface area (Å²) in [5, 5.41) is 19.1. The van der Waals surface area contributed by atoms with E-state index in [4.69, 9.17) is 5.11 Å². The lowest BCUT2D eigenvalue weighted by atomic mass is 10.3. The Morgan fingerprint density at radius 3 is 2.05 bits per heavy atom. The number of carbonyl (C=O) groups is 2. The Morgan fingerprint density at radius 2 is 1.45 bits per heavy atom. The van der Waals surface area contributed by atoms with Crippen LogP contribution in [0.25, 0.3) is 0 Å². The fourth-order valence-electron chi connectivity index (χ4n) is 1.55. The van der Waals surface area contributed by atoms with Crippen molar-refractivity contribution in [1.82, 2.24) is 0 Å². The van der Waals surface area contributed by atoms with Crippen LogP contribution >= 0.6 is 0 Å². The van der Waals surface area contributed by atoms with Crippen LogP contribution in [-0.2, 0) is 9.59 Å². The van der Waals surface area contributed by atoms with Gasteiger partial charge in [-0.25, -0.2) is 4.79 Å². The van der Waals surface area contributed by atoms with Gasteiger partial charge in [-0.3, -0.25) is 4.79 Å². The van der Waals surface area contributed by atoms with Crippen molar-refractivity contribution < 1.29 is 14.7 Å². The minimum absolute atomic E-state index is 0.513. The molecule has 6 nitrogen and oxygen atoms in total. The molecule has 6 heteroatoms. The predicted molar refractivity (Wildman–Crippen MR) is 82.5 cm³/mol. The first-order valence-corrected chi connectivity index (χ1v) is 6.42. The number of nitrogens with one attached hydrogen (secondary N) is 1. The molecule has 0 bridgehead atoms. The fraction of sp³-hybridized carbons (Fsp3) is 0. The zero-order valence-corrected chi connectivity index (χ0v) is 11.5. The molecule has 0 unspecified atom stereocenters. The van der Waals surface area contributed by atoms with E-state index in [1.54, 1.807) is 24.3 Å². The van der Waals surface area contributed by atoms with Crippen molar-refractivity contribution in [1.29, 1.82) is 0 Å². The molecule has 0 aliphatic rings. The highest BCUT2D eigenvalue weighted by Crippen LogP contribution is 2.19. The number of azo groups is 1. The normalized spacial score (nSPS) is 10.9. The fourth-order valence-corrected chi connectivity index (χ4v) is 1.55. The topological polar surface area (TPSA) is 91.1 Å². The minimum Gasteiger partial charge on any atom is -0.478 e. The molecule has 22 heavy (non-hydrogen) atoms. The zero-order valence-electron chi connectivity index (χ0n) is 11.5. The summed E-state index contributed by atoms with van der Waals surface area (Å²) >= 11 is 0. The van der Waals surface area contributed by atoms with Gasteiger partial charge >= 0.3 is 5.97 Å². The Labute approximate surface area is 126 Å². The van der Waals surface area contributed by atoms with Gasteiger partial charge in [-0.1, -0.05) is 18.2 Å². The number of anilines is 1. The Morgan fingerprint density at radius 1 is 0.864 bits per heavy atom. The van der Waals surface area contributed by atoms with Crippen LogP contribution in [0.1, 0.15) is 0 Å². The molecule has 2 rings (SSSR count). The molecule has 0 spiro atoms. The molecule has 0 heterocycles. The van der Waals surface area contributed by atoms with Gasteiger partial charge < -0.3 is 10.4 Å². The number of rotatable bonds is 5. The smallest absolute Gasteiger partial charge is 0.328 e. The average Bonchev–Trinajstić information content (AvgIpc) is 2.53. The van der Waals surface area contributed by atoms with Gasteiger partial charge in [0.1, 0.15) is 0 Å². The standard InChI is InChI=1S/C16H13N3O3/c20-15(10-11-16(21)22)17-12-6-8-14(9-7-12)19-18-13-4-2-1-3-5-13/h1-11H,(H,17,20)(H,21,22)/b11-10-,19-18?. The summed E-state index contributed by atoms with van der Waals surface area (Å²) in [5.74, 6) is -1.69. The number of hydrogen-bond donors (Lipinski definition) is 2. The molecule has 0 aromatic heterocycles. The molecular formula is C16H13N3O3. The monoisotopic (exact) mass is 295 g/mol. The Bertz CT molecular complexity index is 707. The molecule has 2 N–H and O–H groups in total. The summed E-state index contributed by atoms with van der Waals surface area (Å²) in [6.07, 6.45) is 1.73. The first-order chi connectivity index (χ1) is 10.6. The van der Waals surface area contributed by atoms with Crippen molar-refractivity contribution in [2.75, 3.05) is 5.32 Å². The van der Waals surface area contributed by atoms with Crippen LogP contribution in [0.4, 0.5) is 17.1 Å². The van der Waals surface area contributed by atoms with Gasteiger partial charge in [-0.2, -0.15) is 10.2 Å². The molecule has 0 atom stereocenters. The third kappa shape index (κ3) is 5.01. The third-order valence-corrected chi connectivity index (χ3v) is 2.55. The summed E-state index contributed by atoms with van der Waals surface area (Å²) in [4.78, 5) is 21.7.